The van der Waals surface area contributed by atoms with Gasteiger partial charge in [0.1, 0.15) is 17.5 Å². The molecule has 0 aliphatic rings. The fraction of sp³-hybridized carbons (Fsp3) is 0.667. The Morgan fingerprint density at radius 2 is 2.06 bits per heavy atom. The third-order valence-electron chi connectivity index (χ3n) is 2.21. The fourth-order valence-electron chi connectivity index (χ4n) is 1.53. The lowest BCUT2D eigenvalue weighted by Gasteiger charge is -2.14. The monoisotopic (exact) mass is 238 g/mol. The van der Waals surface area contributed by atoms with Gasteiger partial charge in [0, 0.05) is 25.8 Å². The van der Waals surface area contributed by atoms with Gasteiger partial charge in [0.2, 0.25) is 0 Å². The number of aryl methyl sites for hydroxylation is 1. The van der Waals surface area contributed by atoms with E-state index in [1.54, 1.807) is 7.11 Å². The summed E-state index contributed by atoms with van der Waals surface area (Å²) in [4.78, 5) is 8.68. The largest absolute Gasteiger partial charge is 0.383 e. The summed E-state index contributed by atoms with van der Waals surface area (Å²) < 4.78 is 5.08. The van der Waals surface area contributed by atoms with E-state index in [0.717, 1.165) is 30.4 Å². The number of nitrogens with zero attached hydrogens (tertiary/aromatic N) is 2. The third-order valence-corrected chi connectivity index (χ3v) is 2.21. The van der Waals surface area contributed by atoms with Gasteiger partial charge in [0.15, 0.2) is 0 Å². The molecule has 1 heterocycles. The van der Waals surface area contributed by atoms with Crippen LogP contribution in [0.5, 0.6) is 0 Å². The Labute approximate surface area is 103 Å². The van der Waals surface area contributed by atoms with Crippen LogP contribution in [0.25, 0.3) is 0 Å². The number of ether oxygens (including phenoxy) is 1. The second kappa shape index (κ2) is 7.06. The lowest BCUT2D eigenvalue weighted by atomic mass is 10.3. The molecule has 0 fully saturated rings. The normalized spacial score (nSPS) is 12.2. The predicted octanol–water partition coefficient (Wildman–Crippen LogP) is 2.05. The summed E-state index contributed by atoms with van der Waals surface area (Å²) in [7, 11) is 1.69. The topological polar surface area (TPSA) is 59.1 Å². The van der Waals surface area contributed by atoms with Crippen molar-refractivity contribution >= 4 is 11.6 Å². The molecule has 1 unspecified atom stereocenters. The van der Waals surface area contributed by atoms with Crippen molar-refractivity contribution < 1.29 is 4.74 Å². The standard InChI is InChI=1S/C12H22N4O/c1-5-6-13-11-7-12(16-10(3)15-11)14-9(2)8-17-4/h7,9H,5-6,8H2,1-4H3,(H2,13,14,15,16). The number of aromatic nitrogens is 2. The molecule has 0 radical (unpaired) electrons. The number of rotatable bonds is 7. The first-order valence-corrected chi connectivity index (χ1v) is 6.00. The first kappa shape index (κ1) is 13.7. The minimum absolute atomic E-state index is 0.230. The Morgan fingerprint density at radius 3 is 2.71 bits per heavy atom. The van der Waals surface area contributed by atoms with Crippen molar-refractivity contribution in [2.45, 2.75) is 33.2 Å². The summed E-state index contributed by atoms with van der Waals surface area (Å²) in [6, 6.07) is 2.16. The molecule has 1 rings (SSSR count). The van der Waals surface area contributed by atoms with E-state index in [0.29, 0.717) is 6.61 Å². The van der Waals surface area contributed by atoms with Gasteiger partial charge in [-0.05, 0) is 20.3 Å². The molecular formula is C12H22N4O. The van der Waals surface area contributed by atoms with Crippen molar-refractivity contribution in [1.29, 1.82) is 0 Å². The highest BCUT2D eigenvalue weighted by Crippen LogP contribution is 2.12. The zero-order valence-corrected chi connectivity index (χ0v) is 11.1. The average Bonchev–Trinajstić information content (AvgIpc) is 2.25. The quantitative estimate of drug-likeness (QED) is 0.761. The zero-order chi connectivity index (χ0) is 12.7. The summed E-state index contributed by atoms with van der Waals surface area (Å²) in [5.41, 5.74) is 0. The Bertz CT molecular complexity index is 343. The third kappa shape index (κ3) is 4.99. The SMILES string of the molecule is CCCNc1cc(NC(C)COC)nc(C)n1. The second-order valence-corrected chi connectivity index (χ2v) is 4.11. The van der Waals surface area contributed by atoms with Gasteiger partial charge in [0.05, 0.1) is 6.61 Å². The minimum Gasteiger partial charge on any atom is -0.383 e. The molecular weight excluding hydrogens is 216 g/mol. The number of hydrogen-bond acceptors (Lipinski definition) is 5. The van der Waals surface area contributed by atoms with E-state index in [-0.39, 0.29) is 6.04 Å². The molecule has 17 heavy (non-hydrogen) atoms. The van der Waals surface area contributed by atoms with E-state index in [1.807, 2.05) is 13.0 Å². The molecule has 0 amide bonds. The second-order valence-electron chi connectivity index (χ2n) is 4.11. The lowest BCUT2D eigenvalue weighted by Crippen LogP contribution is -2.22. The Kier molecular flexibility index (Phi) is 5.69. The Balaban J connectivity index is 2.67. The summed E-state index contributed by atoms with van der Waals surface area (Å²) in [6.45, 7) is 7.65. The maximum Gasteiger partial charge on any atom is 0.132 e. The van der Waals surface area contributed by atoms with Crippen LogP contribution in [0.3, 0.4) is 0 Å². The van der Waals surface area contributed by atoms with Crippen molar-refractivity contribution in [1.82, 2.24) is 9.97 Å². The summed E-state index contributed by atoms with van der Waals surface area (Å²) in [5, 5.41) is 6.54. The van der Waals surface area contributed by atoms with E-state index in [1.165, 1.54) is 0 Å². The highest BCUT2D eigenvalue weighted by molar-refractivity contribution is 5.47. The number of hydrogen-bond donors (Lipinski definition) is 2. The van der Waals surface area contributed by atoms with E-state index in [4.69, 9.17) is 4.74 Å². The van der Waals surface area contributed by atoms with E-state index in [9.17, 15) is 0 Å². The number of nitrogens with one attached hydrogen (secondary N) is 2. The zero-order valence-electron chi connectivity index (χ0n) is 11.1. The molecule has 0 bridgehead atoms. The molecule has 0 saturated heterocycles. The van der Waals surface area contributed by atoms with Gasteiger partial charge in [-0.15, -0.1) is 0 Å². The maximum absolute atomic E-state index is 5.08. The first-order chi connectivity index (χ1) is 8.15. The molecule has 1 atom stereocenters. The first-order valence-electron chi connectivity index (χ1n) is 6.00. The van der Waals surface area contributed by atoms with Crippen molar-refractivity contribution in [3.05, 3.63) is 11.9 Å². The van der Waals surface area contributed by atoms with Gasteiger partial charge in [-0.1, -0.05) is 6.92 Å². The molecule has 0 aliphatic heterocycles. The summed E-state index contributed by atoms with van der Waals surface area (Å²) >= 11 is 0. The Hall–Kier alpha value is -1.36. The highest BCUT2D eigenvalue weighted by atomic mass is 16.5. The molecule has 0 aromatic carbocycles. The molecule has 96 valence electrons. The number of methoxy groups -OCH3 is 1. The van der Waals surface area contributed by atoms with E-state index < -0.39 is 0 Å². The van der Waals surface area contributed by atoms with Crippen LogP contribution in [0.4, 0.5) is 11.6 Å². The van der Waals surface area contributed by atoms with Crippen molar-refractivity contribution in [3.63, 3.8) is 0 Å². The molecule has 1 aromatic rings. The predicted molar refractivity (Wildman–Crippen MR) is 70.5 cm³/mol. The van der Waals surface area contributed by atoms with Crippen LogP contribution in [0.1, 0.15) is 26.1 Å². The van der Waals surface area contributed by atoms with Gasteiger partial charge in [-0.3, -0.25) is 0 Å². The van der Waals surface area contributed by atoms with Crippen molar-refractivity contribution in [3.8, 4) is 0 Å². The fourth-order valence-corrected chi connectivity index (χ4v) is 1.53. The van der Waals surface area contributed by atoms with Crippen LogP contribution >= 0.6 is 0 Å². The molecule has 2 N–H and O–H groups in total. The minimum atomic E-state index is 0.230. The average molecular weight is 238 g/mol. The van der Waals surface area contributed by atoms with Gasteiger partial charge in [-0.25, -0.2) is 9.97 Å². The molecule has 5 nitrogen and oxygen atoms in total. The van der Waals surface area contributed by atoms with Crippen LogP contribution in [0.2, 0.25) is 0 Å². The van der Waals surface area contributed by atoms with Gasteiger partial charge in [-0.2, -0.15) is 0 Å². The van der Waals surface area contributed by atoms with Gasteiger partial charge >= 0.3 is 0 Å². The van der Waals surface area contributed by atoms with Gasteiger partial charge < -0.3 is 15.4 Å². The van der Waals surface area contributed by atoms with Crippen LogP contribution in [0.15, 0.2) is 6.07 Å². The van der Waals surface area contributed by atoms with Crippen molar-refractivity contribution in [2.24, 2.45) is 0 Å². The molecule has 0 saturated carbocycles. The van der Waals surface area contributed by atoms with Crippen molar-refractivity contribution in [2.75, 3.05) is 30.9 Å². The van der Waals surface area contributed by atoms with Crippen LogP contribution in [0, 0.1) is 6.92 Å². The summed E-state index contributed by atoms with van der Waals surface area (Å²) in [6.07, 6.45) is 1.08. The Morgan fingerprint density at radius 1 is 1.35 bits per heavy atom. The van der Waals surface area contributed by atoms with Gasteiger partial charge in [0.25, 0.3) is 0 Å². The lowest BCUT2D eigenvalue weighted by molar-refractivity contribution is 0.190. The molecule has 1 aromatic heterocycles. The van der Waals surface area contributed by atoms with Crippen LogP contribution in [-0.2, 0) is 4.74 Å². The highest BCUT2D eigenvalue weighted by Gasteiger charge is 2.05. The number of anilines is 2. The van der Waals surface area contributed by atoms with E-state index >= 15 is 0 Å². The van der Waals surface area contributed by atoms with E-state index in [2.05, 4.69) is 34.4 Å². The summed E-state index contributed by atoms with van der Waals surface area (Å²) in [5.74, 6) is 2.46. The van der Waals surface area contributed by atoms with Crippen LogP contribution in [-0.4, -0.2) is 36.3 Å². The smallest absolute Gasteiger partial charge is 0.132 e. The maximum atomic E-state index is 5.08. The molecule has 0 spiro atoms. The van der Waals surface area contributed by atoms with Crippen LogP contribution < -0.4 is 10.6 Å². The molecule has 5 heteroatoms. The molecule has 0 aliphatic carbocycles.